The minimum absolute atomic E-state index is 0.421. The molecule has 2 nitrogen and oxygen atoms in total. The fourth-order valence-corrected chi connectivity index (χ4v) is 2.62. The number of hydrogen-bond acceptors (Lipinski definition) is 2. The second-order valence-electron chi connectivity index (χ2n) is 3.92. The van der Waals surface area contributed by atoms with Gasteiger partial charge in [0.2, 0.25) is 0 Å². The molecule has 0 bridgehead atoms. The monoisotopic (exact) mass is 344 g/mol. The summed E-state index contributed by atoms with van der Waals surface area (Å²) in [4.78, 5) is 8.59. The van der Waals surface area contributed by atoms with Crippen molar-refractivity contribution >= 4 is 39.1 Å². The average molecular weight is 346 g/mol. The van der Waals surface area contributed by atoms with E-state index < -0.39 is 0 Å². The second-order valence-corrected chi connectivity index (χ2v) is 5.50. The molecule has 94 valence electrons. The van der Waals surface area contributed by atoms with Crippen LogP contribution in [0.1, 0.15) is 18.1 Å². The number of aryl methyl sites for hydroxylation is 1. The van der Waals surface area contributed by atoms with Crippen molar-refractivity contribution in [2.45, 2.75) is 20.3 Å². The predicted octanol–water partition coefficient (Wildman–Crippen LogP) is 5.08. The zero-order chi connectivity index (χ0) is 13.3. The van der Waals surface area contributed by atoms with E-state index in [2.05, 4.69) is 25.9 Å². The number of halogens is 3. The quantitative estimate of drug-likeness (QED) is 0.709. The molecule has 0 saturated heterocycles. The molecule has 0 radical (unpaired) electrons. The van der Waals surface area contributed by atoms with Crippen LogP contribution >= 0.6 is 39.1 Å². The van der Waals surface area contributed by atoms with E-state index in [-0.39, 0.29) is 0 Å². The van der Waals surface area contributed by atoms with E-state index in [1.54, 1.807) is 0 Å². The van der Waals surface area contributed by atoms with Gasteiger partial charge < -0.3 is 0 Å². The van der Waals surface area contributed by atoms with Crippen LogP contribution in [0.15, 0.2) is 22.7 Å². The van der Waals surface area contributed by atoms with Crippen LogP contribution in [0.25, 0.3) is 11.4 Å². The van der Waals surface area contributed by atoms with Gasteiger partial charge in [-0.05, 0) is 25.0 Å². The summed E-state index contributed by atoms with van der Waals surface area (Å²) in [6.45, 7) is 3.99. The van der Waals surface area contributed by atoms with E-state index in [0.717, 1.165) is 27.6 Å². The lowest BCUT2D eigenvalue weighted by atomic mass is 10.1. The van der Waals surface area contributed by atoms with Crippen LogP contribution in [0.3, 0.4) is 0 Å². The third kappa shape index (κ3) is 2.68. The molecule has 0 aliphatic rings. The lowest BCUT2D eigenvalue weighted by Gasteiger charge is -2.07. The molecule has 0 aliphatic heterocycles. The first-order chi connectivity index (χ1) is 8.52. The molecule has 0 unspecified atom stereocenters. The Bertz CT molecular complexity index is 577. The van der Waals surface area contributed by atoms with Gasteiger partial charge in [0.05, 0.1) is 0 Å². The highest BCUT2D eigenvalue weighted by atomic mass is 79.9. The highest BCUT2D eigenvalue weighted by molar-refractivity contribution is 9.10. The van der Waals surface area contributed by atoms with Crippen molar-refractivity contribution in [2.75, 3.05) is 0 Å². The Morgan fingerprint density at radius 1 is 1.17 bits per heavy atom. The maximum atomic E-state index is 6.11. The Labute approximate surface area is 124 Å². The summed E-state index contributed by atoms with van der Waals surface area (Å²) in [6.07, 6.45) is 0.718. The Hall–Kier alpha value is -0.640. The van der Waals surface area contributed by atoms with Crippen LogP contribution in [0.5, 0.6) is 0 Å². The first kappa shape index (κ1) is 13.8. The Morgan fingerprint density at radius 2 is 1.78 bits per heavy atom. The third-order valence-corrected chi connectivity index (χ3v) is 4.17. The lowest BCUT2D eigenvalue weighted by molar-refractivity contribution is 1.05. The molecule has 2 aromatic rings. The molecule has 5 heteroatoms. The fraction of sp³-hybridized carbons (Fsp3) is 0.231. The van der Waals surface area contributed by atoms with Crippen molar-refractivity contribution in [1.82, 2.24) is 9.97 Å². The Balaban J connectivity index is 2.54. The number of rotatable bonds is 2. The normalized spacial score (nSPS) is 10.7. The van der Waals surface area contributed by atoms with Crippen LogP contribution in [0, 0.1) is 6.92 Å². The van der Waals surface area contributed by atoms with E-state index in [0.29, 0.717) is 16.1 Å². The Morgan fingerprint density at radius 3 is 2.28 bits per heavy atom. The van der Waals surface area contributed by atoms with E-state index in [1.807, 2.05) is 32.0 Å². The van der Waals surface area contributed by atoms with Crippen LogP contribution in [-0.4, -0.2) is 9.97 Å². The molecule has 0 atom stereocenters. The summed E-state index contributed by atoms with van der Waals surface area (Å²) in [5, 5.41) is 0.841. The standard InChI is InChI=1S/C13H11BrCl2N2/c1-3-9-11(15)17-13(18-12(9)16)8-5-4-7(2)10(14)6-8/h4-6H,3H2,1-2H3. The molecule has 1 heterocycles. The zero-order valence-electron chi connectivity index (χ0n) is 9.97. The molecule has 0 saturated carbocycles. The number of benzene rings is 1. The van der Waals surface area contributed by atoms with Crippen LogP contribution < -0.4 is 0 Å². The van der Waals surface area contributed by atoms with Gasteiger partial charge in [-0.15, -0.1) is 0 Å². The van der Waals surface area contributed by atoms with Crippen molar-refractivity contribution in [1.29, 1.82) is 0 Å². The second kappa shape index (κ2) is 5.55. The molecule has 2 rings (SSSR count). The van der Waals surface area contributed by atoms with Gasteiger partial charge in [-0.25, -0.2) is 9.97 Å². The smallest absolute Gasteiger partial charge is 0.162 e. The summed E-state index contributed by atoms with van der Waals surface area (Å²) in [7, 11) is 0. The maximum absolute atomic E-state index is 6.11. The van der Waals surface area contributed by atoms with Gasteiger partial charge in [0.25, 0.3) is 0 Å². The van der Waals surface area contributed by atoms with Gasteiger partial charge in [-0.3, -0.25) is 0 Å². The van der Waals surface area contributed by atoms with Crippen molar-refractivity contribution in [2.24, 2.45) is 0 Å². The first-order valence-electron chi connectivity index (χ1n) is 5.51. The van der Waals surface area contributed by atoms with Crippen molar-refractivity contribution in [3.05, 3.63) is 44.1 Å². The molecule has 18 heavy (non-hydrogen) atoms. The van der Waals surface area contributed by atoms with Crippen LogP contribution in [0.2, 0.25) is 10.3 Å². The van der Waals surface area contributed by atoms with E-state index >= 15 is 0 Å². The molecule has 1 aromatic carbocycles. The molecular formula is C13H11BrCl2N2. The predicted molar refractivity (Wildman–Crippen MR) is 79.3 cm³/mol. The molecule has 1 aromatic heterocycles. The minimum atomic E-state index is 0.421. The van der Waals surface area contributed by atoms with E-state index in [4.69, 9.17) is 23.2 Å². The molecule has 0 N–H and O–H groups in total. The third-order valence-electron chi connectivity index (χ3n) is 2.69. The van der Waals surface area contributed by atoms with Crippen molar-refractivity contribution in [3.63, 3.8) is 0 Å². The van der Waals surface area contributed by atoms with Gasteiger partial charge in [0.1, 0.15) is 10.3 Å². The summed E-state index contributed by atoms with van der Waals surface area (Å²) in [5.41, 5.74) is 2.83. The molecular weight excluding hydrogens is 335 g/mol. The molecule has 0 fully saturated rings. The molecule has 0 amide bonds. The maximum Gasteiger partial charge on any atom is 0.162 e. The largest absolute Gasteiger partial charge is 0.216 e. The van der Waals surface area contributed by atoms with Gasteiger partial charge >= 0.3 is 0 Å². The SMILES string of the molecule is CCc1c(Cl)nc(-c2ccc(C)c(Br)c2)nc1Cl. The van der Waals surface area contributed by atoms with E-state index in [9.17, 15) is 0 Å². The number of hydrogen-bond donors (Lipinski definition) is 0. The summed E-state index contributed by atoms with van der Waals surface area (Å²) in [5.74, 6) is 0.544. The highest BCUT2D eigenvalue weighted by Gasteiger charge is 2.11. The van der Waals surface area contributed by atoms with E-state index in [1.165, 1.54) is 0 Å². The average Bonchev–Trinajstić information content (AvgIpc) is 2.32. The van der Waals surface area contributed by atoms with Crippen molar-refractivity contribution in [3.8, 4) is 11.4 Å². The van der Waals surface area contributed by atoms with Gasteiger partial charge in [0.15, 0.2) is 5.82 Å². The zero-order valence-corrected chi connectivity index (χ0v) is 13.1. The number of nitrogens with zero attached hydrogens (tertiary/aromatic N) is 2. The van der Waals surface area contributed by atoms with Crippen LogP contribution in [0.4, 0.5) is 0 Å². The first-order valence-corrected chi connectivity index (χ1v) is 7.06. The lowest BCUT2D eigenvalue weighted by Crippen LogP contribution is -1.96. The highest BCUT2D eigenvalue weighted by Crippen LogP contribution is 2.28. The van der Waals surface area contributed by atoms with Gasteiger partial charge in [-0.2, -0.15) is 0 Å². The van der Waals surface area contributed by atoms with Gasteiger partial charge in [-0.1, -0.05) is 58.2 Å². The van der Waals surface area contributed by atoms with Crippen molar-refractivity contribution < 1.29 is 0 Å². The number of aromatic nitrogens is 2. The summed E-state index contributed by atoms with van der Waals surface area (Å²) in [6, 6.07) is 5.91. The molecule has 0 spiro atoms. The topological polar surface area (TPSA) is 25.8 Å². The fourth-order valence-electron chi connectivity index (χ4n) is 1.58. The minimum Gasteiger partial charge on any atom is -0.216 e. The summed E-state index contributed by atoms with van der Waals surface area (Å²) < 4.78 is 1.01. The molecule has 0 aliphatic carbocycles. The summed E-state index contributed by atoms with van der Waals surface area (Å²) >= 11 is 15.7. The Kier molecular flexibility index (Phi) is 4.25. The van der Waals surface area contributed by atoms with Gasteiger partial charge in [0, 0.05) is 15.6 Å². The van der Waals surface area contributed by atoms with Crippen LogP contribution in [-0.2, 0) is 6.42 Å².